The number of carbonyl (C=O) groups is 1. The Morgan fingerprint density at radius 1 is 1.43 bits per heavy atom. The lowest BCUT2D eigenvalue weighted by molar-refractivity contribution is -0.387. The van der Waals surface area contributed by atoms with E-state index in [0.29, 0.717) is 12.1 Å². The first-order valence-electron chi connectivity index (χ1n) is 5.90. The summed E-state index contributed by atoms with van der Waals surface area (Å²) in [6, 6.07) is 1.35. The number of carbonyl (C=O) groups excluding carboxylic acids is 1. The topological polar surface area (TPSA) is 72.7 Å². The molecule has 0 unspecified atom stereocenters. The van der Waals surface area contributed by atoms with Crippen LogP contribution in [0.1, 0.15) is 10.4 Å². The Labute approximate surface area is 124 Å². The summed E-state index contributed by atoms with van der Waals surface area (Å²) in [6.45, 7) is 0.232. The summed E-state index contributed by atoms with van der Waals surface area (Å²) in [6.07, 6.45) is 0. The molecule has 1 aromatic rings. The minimum atomic E-state index is -1.50. The Hall–Kier alpha value is -1.80. The molecule has 0 atom stereocenters. The van der Waals surface area contributed by atoms with Crippen molar-refractivity contribution in [3.05, 3.63) is 39.4 Å². The highest BCUT2D eigenvalue weighted by Gasteiger charge is 2.29. The standard InChI is InChI=1S/C12H13ClF2N2O4/c1-21-7-6-16(5-4-13)12(18)10-8(14)2-3-9(11(10)15)17(19)20/h2-3H,4-7H2,1H3. The Morgan fingerprint density at radius 3 is 2.62 bits per heavy atom. The molecule has 0 aromatic heterocycles. The van der Waals surface area contributed by atoms with E-state index < -0.39 is 33.7 Å². The summed E-state index contributed by atoms with van der Waals surface area (Å²) >= 11 is 5.54. The monoisotopic (exact) mass is 322 g/mol. The molecule has 0 fully saturated rings. The fourth-order valence-electron chi connectivity index (χ4n) is 1.66. The van der Waals surface area contributed by atoms with Gasteiger partial charge in [0.2, 0.25) is 5.82 Å². The number of halogens is 3. The second kappa shape index (κ2) is 7.84. The zero-order valence-corrected chi connectivity index (χ0v) is 11.9. The Morgan fingerprint density at radius 2 is 2.10 bits per heavy atom. The smallest absolute Gasteiger partial charge is 0.305 e. The second-order valence-electron chi connectivity index (χ2n) is 3.99. The predicted octanol–water partition coefficient (Wildman–Crippen LogP) is 2.20. The average Bonchev–Trinajstić information content (AvgIpc) is 2.42. The van der Waals surface area contributed by atoms with Gasteiger partial charge in [0.15, 0.2) is 0 Å². The number of methoxy groups -OCH3 is 1. The van der Waals surface area contributed by atoms with Crippen molar-refractivity contribution in [2.45, 2.75) is 0 Å². The normalized spacial score (nSPS) is 10.5. The lowest BCUT2D eigenvalue weighted by Gasteiger charge is -2.21. The molecule has 0 N–H and O–H groups in total. The van der Waals surface area contributed by atoms with Gasteiger partial charge >= 0.3 is 5.69 Å². The highest BCUT2D eigenvalue weighted by molar-refractivity contribution is 6.18. The van der Waals surface area contributed by atoms with E-state index >= 15 is 0 Å². The van der Waals surface area contributed by atoms with Crippen LogP contribution in [0.25, 0.3) is 0 Å². The molecule has 1 aromatic carbocycles. The number of nitro groups is 1. The molecule has 0 radical (unpaired) electrons. The Balaban J connectivity index is 3.20. The quantitative estimate of drug-likeness (QED) is 0.438. The van der Waals surface area contributed by atoms with Crippen LogP contribution in [0.2, 0.25) is 0 Å². The van der Waals surface area contributed by atoms with Gasteiger partial charge in [-0.15, -0.1) is 11.6 Å². The van der Waals surface area contributed by atoms with Gasteiger partial charge in [-0.25, -0.2) is 4.39 Å². The highest BCUT2D eigenvalue weighted by Crippen LogP contribution is 2.24. The van der Waals surface area contributed by atoms with Gasteiger partial charge in [0.05, 0.1) is 11.5 Å². The fourth-order valence-corrected chi connectivity index (χ4v) is 1.86. The van der Waals surface area contributed by atoms with E-state index in [1.807, 2.05) is 0 Å². The molecule has 0 aliphatic heterocycles. The summed E-state index contributed by atoms with van der Waals surface area (Å²) < 4.78 is 32.5. The Kier molecular flexibility index (Phi) is 6.44. The summed E-state index contributed by atoms with van der Waals surface area (Å²) in [7, 11) is 1.40. The van der Waals surface area contributed by atoms with Crippen LogP contribution in [0.4, 0.5) is 14.5 Å². The van der Waals surface area contributed by atoms with Crippen molar-refractivity contribution in [3.8, 4) is 0 Å². The molecule has 1 rings (SSSR count). The van der Waals surface area contributed by atoms with Gasteiger partial charge in [0.1, 0.15) is 11.4 Å². The van der Waals surface area contributed by atoms with E-state index in [4.69, 9.17) is 16.3 Å². The van der Waals surface area contributed by atoms with Crippen molar-refractivity contribution < 1.29 is 23.2 Å². The Bertz CT molecular complexity index is 542. The van der Waals surface area contributed by atoms with Crippen LogP contribution in [0.5, 0.6) is 0 Å². The van der Waals surface area contributed by atoms with Gasteiger partial charge in [0.25, 0.3) is 5.91 Å². The van der Waals surface area contributed by atoms with E-state index in [0.717, 1.165) is 4.90 Å². The van der Waals surface area contributed by atoms with Crippen molar-refractivity contribution in [3.63, 3.8) is 0 Å². The number of benzene rings is 1. The molecule has 0 aliphatic carbocycles. The van der Waals surface area contributed by atoms with E-state index in [-0.39, 0.29) is 25.6 Å². The van der Waals surface area contributed by atoms with Crippen LogP contribution in [-0.4, -0.2) is 48.4 Å². The minimum absolute atomic E-state index is 0.0331. The first-order valence-corrected chi connectivity index (χ1v) is 6.44. The molecule has 0 spiro atoms. The number of hydrogen-bond acceptors (Lipinski definition) is 4. The zero-order valence-electron chi connectivity index (χ0n) is 11.1. The maximum Gasteiger partial charge on any atom is 0.305 e. The van der Waals surface area contributed by atoms with Crippen molar-refractivity contribution in [2.24, 2.45) is 0 Å². The largest absolute Gasteiger partial charge is 0.383 e. The molecule has 9 heteroatoms. The van der Waals surface area contributed by atoms with Gasteiger partial charge in [-0.2, -0.15) is 4.39 Å². The van der Waals surface area contributed by atoms with Gasteiger partial charge in [-0.05, 0) is 6.07 Å². The first-order chi connectivity index (χ1) is 9.93. The molecule has 0 aliphatic rings. The molecule has 1 amide bonds. The molecule has 21 heavy (non-hydrogen) atoms. The zero-order chi connectivity index (χ0) is 16.0. The number of amides is 1. The number of hydrogen-bond donors (Lipinski definition) is 0. The predicted molar refractivity (Wildman–Crippen MR) is 71.5 cm³/mol. The lowest BCUT2D eigenvalue weighted by Crippen LogP contribution is -2.36. The number of ether oxygens (including phenoxy) is 1. The third kappa shape index (κ3) is 4.08. The van der Waals surface area contributed by atoms with Gasteiger partial charge in [-0.1, -0.05) is 0 Å². The summed E-state index contributed by atoms with van der Waals surface area (Å²) in [4.78, 5) is 22.9. The van der Waals surface area contributed by atoms with Crippen LogP contribution < -0.4 is 0 Å². The molecule has 0 heterocycles. The van der Waals surface area contributed by atoms with Crippen molar-refractivity contribution >= 4 is 23.2 Å². The molecular formula is C12H13ClF2N2O4. The second-order valence-corrected chi connectivity index (χ2v) is 4.36. The third-order valence-corrected chi connectivity index (χ3v) is 2.86. The van der Waals surface area contributed by atoms with Crippen LogP contribution in [0.3, 0.4) is 0 Å². The fraction of sp³-hybridized carbons (Fsp3) is 0.417. The van der Waals surface area contributed by atoms with Crippen LogP contribution in [0.15, 0.2) is 12.1 Å². The number of rotatable bonds is 7. The summed E-state index contributed by atoms with van der Waals surface area (Å²) in [5, 5.41) is 10.7. The van der Waals surface area contributed by atoms with Crippen LogP contribution in [0, 0.1) is 21.7 Å². The van der Waals surface area contributed by atoms with E-state index in [1.165, 1.54) is 7.11 Å². The first kappa shape index (κ1) is 17.3. The van der Waals surface area contributed by atoms with Crippen molar-refractivity contribution in [1.82, 2.24) is 4.90 Å². The van der Waals surface area contributed by atoms with E-state index in [1.54, 1.807) is 0 Å². The van der Waals surface area contributed by atoms with Gasteiger partial charge in [0, 0.05) is 32.1 Å². The maximum absolute atomic E-state index is 14.0. The molecule has 116 valence electrons. The van der Waals surface area contributed by atoms with E-state index in [9.17, 15) is 23.7 Å². The molecular weight excluding hydrogens is 310 g/mol. The minimum Gasteiger partial charge on any atom is -0.383 e. The van der Waals surface area contributed by atoms with Crippen molar-refractivity contribution in [1.29, 1.82) is 0 Å². The number of nitro benzene ring substituents is 1. The van der Waals surface area contributed by atoms with Crippen molar-refractivity contribution in [2.75, 3.05) is 32.7 Å². The van der Waals surface area contributed by atoms with E-state index in [2.05, 4.69) is 0 Å². The number of nitrogens with zero attached hydrogens (tertiary/aromatic N) is 2. The lowest BCUT2D eigenvalue weighted by atomic mass is 10.1. The van der Waals surface area contributed by atoms with Gasteiger partial charge in [-0.3, -0.25) is 14.9 Å². The summed E-state index contributed by atoms with van der Waals surface area (Å²) in [5.74, 6) is -3.62. The van der Waals surface area contributed by atoms with Crippen LogP contribution >= 0.6 is 11.6 Å². The summed E-state index contributed by atoms with van der Waals surface area (Å²) in [5.41, 5.74) is -1.93. The third-order valence-electron chi connectivity index (χ3n) is 2.69. The number of alkyl halides is 1. The average molecular weight is 323 g/mol. The maximum atomic E-state index is 14.0. The molecule has 6 nitrogen and oxygen atoms in total. The molecule has 0 saturated carbocycles. The highest BCUT2D eigenvalue weighted by atomic mass is 35.5. The van der Waals surface area contributed by atoms with Gasteiger partial charge < -0.3 is 9.64 Å². The SMILES string of the molecule is COCCN(CCCl)C(=O)c1c(F)ccc([N+](=O)[O-])c1F. The molecule has 0 bridgehead atoms. The van der Waals surface area contributed by atoms with Crippen LogP contribution in [-0.2, 0) is 4.74 Å². The molecule has 0 saturated heterocycles.